The second kappa shape index (κ2) is 5.79. The molecule has 2 nitrogen and oxygen atoms in total. The van der Waals surface area contributed by atoms with Crippen molar-refractivity contribution in [1.82, 2.24) is 0 Å². The van der Waals surface area contributed by atoms with Crippen LogP contribution in [0.5, 0.6) is 0 Å². The zero-order chi connectivity index (χ0) is 10.4. The summed E-state index contributed by atoms with van der Waals surface area (Å²) < 4.78 is 16.8. The van der Waals surface area contributed by atoms with E-state index in [1.165, 1.54) is 0 Å². The highest BCUT2D eigenvalue weighted by Gasteiger charge is 2.07. The minimum atomic E-state index is -2.07. The minimum Gasteiger partial charge on any atom is -0.328 e. The third-order valence-corrected chi connectivity index (χ3v) is 3.36. The molecule has 1 unspecified atom stereocenters. The lowest BCUT2D eigenvalue weighted by Crippen LogP contribution is -2.05. The van der Waals surface area contributed by atoms with Gasteiger partial charge in [-0.1, -0.05) is 24.3 Å². The lowest BCUT2D eigenvalue weighted by Gasteiger charge is -2.06. The van der Waals surface area contributed by atoms with E-state index in [9.17, 15) is 4.57 Å². The van der Waals surface area contributed by atoms with Gasteiger partial charge in [-0.05, 0) is 25.0 Å². The highest BCUT2D eigenvalue weighted by molar-refractivity contribution is 7.48. The van der Waals surface area contributed by atoms with Gasteiger partial charge in [-0.15, -0.1) is 6.58 Å². The van der Waals surface area contributed by atoms with Crippen molar-refractivity contribution in [3.05, 3.63) is 42.5 Å². The molecular formula is C11H15O2P. The molecule has 1 aromatic carbocycles. The van der Waals surface area contributed by atoms with Crippen molar-refractivity contribution in [2.75, 3.05) is 6.61 Å². The van der Waals surface area contributed by atoms with Crippen LogP contribution in [0.15, 0.2) is 36.9 Å². The molecule has 0 saturated carbocycles. The van der Waals surface area contributed by atoms with Crippen LogP contribution in [0.3, 0.4) is 0 Å². The summed E-state index contributed by atoms with van der Waals surface area (Å²) in [7, 11) is -2.07. The fraction of sp³-hybridized carbons (Fsp3) is 0.273. The molecular weight excluding hydrogens is 195 g/mol. The predicted molar refractivity (Wildman–Crippen MR) is 60.6 cm³/mol. The first-order valence-electron chi connectivity index (χ1n) is 4.65. The number of rotatable bonds is 5. The van der Waals surface area contributed by atoms with Crippen LogP contribution in [-0.4, -0.2) is 6.61 Å². The van der Waals surface area contributed by atoms with Gasteiger partial charge < -0.3 is 4.52 Å². The molecule has 0 aromatic heterocycles. The summed E-state index contributed by atoms with van der Waals surface area (Å²) in [5, 5.41) is 0.819. The van der Waals surface area contributed by atoms with Crippen LogP contribution in [0, 0.1) is 0 Å². The van der Waals surface area contributed by atoms with Gasteiger partial charge in [0.15, 0.2) is 0 Å². The van der Waals surface area contributed by atoms with E-state index >= 15 is 0 Å². The minimum absolute atomic E-state index is 0.486. The Labute approximate surface area is 85.5 Å². The van der Waals surface area contributed by atoms with E-state index in [0.717, 1.165) is 17.3 Å². The van der Waals surface area contributed by atoms with E-state index in [4.69, 9.17) is 4.52 Å². The van der Waals surface area contributed by atoms with Gasteiger partial charge in [0.2, 0.25) is 8.03 Å². The summed E-state index contributed by atoms with van der Waals surface area (Å²) in [6, 6.07) is 7.63. The molecule has 0 N–H and O–H groups in total. The largest absolute Gasteiger partial charge is 0.328 e. The van der Waals surface area contributed by atoms with Crippen molar-refractivity contribution in [2.45, 2.75) is 13.3 Å². The molecule has 0 aliphatic carbocycles. The maximum Gasteiger partial charge on any atom is 0.220 e. The second-order valence-electron chi connectivity index (χ2n) is 2.87. The highest BCUT2D eigenvalue weighted by Crippen LogP contribution is 2.23. The van der Waals surface area contributed by atoms with Crippen LogP contribution < -0.4 is 5.30 Å². The Balaban J connectivity index is 2.93. The molecule has 0 amide bonds. The Morgan fingerprint density at radius 2 is 2.21 bits per heavy atom. The molecule has 0 bridgehead atoms. The van der Waals surface area contributed by atoms with Gasteiger partial charge in [-0.25, -0.2) is 0 Å². The first-order chi connectivity index (χ1) is 6.79. The molecule has 0 fully saturated rings. The average Bonchev–Trinajstić information content (AvgIpc) is 2.19. The van der Waals surface area contributed by atoms with Crippen LogP contribution in [0.25, 0.3) is 0 Å². The molecule has 0 aliphatic heterocycles. The van der Waals surface area contributed by atoms with E-state index in [-0.39, 0.29) is 0 Å². The Morgan fingerprint density at radius 3 is 2.86 bits per heavy atom. The predicted octanol–water partition coefficient (Wildman–Crippen LogP) is 2.55. The topological polar surface area (TPSA) is 26.3 Å². The molecule has 1 atom stereocenters. The van der Waals surface area contributed by atoms with Gasteiger partial charge >= 0.3 is 0 Å². The van der Waals surface area contributed by atoms with Gasteiger partial charge in [-0.3, -0.25) is 4.57 Å². The monoisotopic (exact) mass is 210 g/mol. The fourth-order valence-electron chi connectivity index (χ4n) is 1.26. The van der Waals surface area contributed by atoms with Gasteiger partial charge in [0.25, 0.3) is 0 Å². The normalized spacial score (nSPS) is 12.4. The molecule has 0 heterocycles. The molecule has 1 aromatic rings. The van der Waals surface area contributed by atoms with Gasteiger partial charge in [0, 0.05) is 5.30 Å². The summed E-state index contributed by atoms with van der Waals surface area (Å²) in [4.78, 5) is 0. The molecule has 0 spiro atoms. The van der Waals surface area contributed by atoms with Crippen LogP contribution in [-0.2, 0) is 15.5 Å². The van der Waals surface area contributed by atoms with Gasteiger partial charge in [-0.2, -0.15) is 0 Å². The Morgan fingerprint density at radius 1 is 1.50 bits per heavy atom. The molecule has 14 heavy (non-hydrogen) atoms. The number of benzene rings is 1. The molecule has 1 rings (SSSR count). The number of allylic oxidation sites excluding steroid dienone is 1. The van der Waals surface area contributed by atoms with Crippen molar-refractivity contribution in [3.63, 3.8) is 0 Å². The van der Waals surface area contributed by atoms with E-state index in [2.05, 4.69) is 6.58 Å². The summed E-state index contributed by atoms with van der Waals surface area (Å²) >= 11 is 0. The smallest absolute Gasteiger partial charge is 0.220 e. The van der Waals surface area contributed by atoms with Crippen molar-refractivity contribution in [3.8, 4) is 0 Å². The maximum atomic E-state index is 11.7. The van der Waals surface area contributed by atoms with Crippen molar-refractivity contribution >= 4 is 13.3 Å². The fourth-order valence-corrected chi connectivity index (χ4v) is 2.36. The third kappa shape index (κ3) is 2.83. The van der Waals surface area contributed by atoms with E-state index < -0.39 is 8.03 Å². The van der Waals surface area contributed by atoms with Crippen molar-refractivity contribution < 1.29 is 9.09 Å². The molecule has 0 radical (unpaired) electrons. The van der Waals surface area contributed by atoms with Crippen LogP contribution >= 0.6 is 8.03 Å². The molecule has 0 saturated heterocycles. The maximum absolute atomic E-state index is 11.7. The summed E-state index contributed by atoms with van der Waals surface area (Å²) in [6.07, 6.45) is 2.54. The molecule has 0 aliphatic rings. The van der Waals surface area contributed by atoms with E-state index in [0.29, 0.717) is 6.61 Å². The Bertz CT molecular complexity index is 334. The van der Waals surface area contributed by atoms with Gasteiger partial charge in [0.05, 0.1) is 6.61 Å². The third-order valence-electron chi connectivity index (χ3n) is 1.88. The van der Waals surface area contributed by atoms with Crippen LogP contribution in [0.4, 0.5) is 0 Å². The lowest BCUT2D eigenvalue weighted by atomic mass is 10.1. The van der Waals surface area contributed by atoms with Crippen molar-refractivity contribution in [2.24, 2.45) is 0 Å². The first kappa shape index (κ1) is 11.2. The van der Waals surface area contributed by atoms with Crippen LogP contribution in [0.2, 0.25) is 0 Å². The summed E-state index contributed by atoms with van der Waals surface area (Å²) in [5.74, 6) is 0. The SMILES string of the molecule is C=CCc1ccccc1[PH](=O)OCC. The van der Waals surface area contributed by atoms with E-state index in [1.807, 2.05) is 31.2 Å². The Kier molecular flexibility index (Phi) is 4.64. The highest BCUT2D eigenvalue weighted by atomic mass is 31.1. The zero-order valence-corrected chi connectivity index (χ0v) is 9.32. The first-order valence-corrected chi connectivity index (χ1v) is 5.97. The molecule has 3 heteroatoms. The number of hydrogen-bond donors (Lipinski definition) is 0. The van der Waals surface area contributed by atoms with Gasteiger partial charge in [0.1, 0.15) is 0 Å². The standard InChI is InChI=1S/C11H15O2P/c1-3-7-10-8-5-6-9-11(10)14(12)13-4-2/h3,5-6,8-9,14H,1,4,7H2,2H3. The summed E-state index contributed by atoms with van der Waals surface area (Å²) in [5.41, 5.74) is 1.04. The average molecular weight is 210 g/mol. The summed E-state index contributed by atoms with van der Waals surface area (Å²) in [6.45, 7) is 6.00. The lowest BCUT2D eigenvalue weighted by molar-refractivity contribution is 0.357. The second-order valence-corrected chi connectivity index (χ2v) is 4.27. The van der Waals surface area contributed by atoms with E-state index in [1.54, 1.807) is 6.08 Å². The Hall–Kier alpha value is -0.850. The quantitative estimate of drug-likeness (QED) is 0.551. The molecule has 76 valence electrons. The number of hydrogen-bond acceptors (Lipinski definition) is 2. The van der Waals surface area contributed by atoms with Crippen LogP contribution in [0.1, 0.15) is 12.5 Å². The zero-order valence-electron chi connectivity index (χ0n) is 8.32. The van der Waals surface area contributed by atoms with Crippen molar-refractivity contribution in [1.29, 1.82) is 0 Å².